The zero-order chi connectivity index (χ0) is 28.3. The summed E-state index contributed by atoms with van der Waals surface area (Å²) >= 11 is 6.65. The Kier molecular flexibility index (Phi) is 5.94. The molecule has 11 heteroatoms. The van der Waals surface area contributed by atoms with E-state index in [1.807, 2.05) is 11.2 Å². The van der Waals surface area contributed by atoms with Gasteiger partial charge in [-0.2, -0.15) is 5.26 Å². The fourth-order valence-electron chi connectivity index (χ4n) is 5.29. The summed E-state index contributed by atoms with van der Waals surface area (Å²) in [7, 11) is 0. The van der Waals surface area contributed by atoms with E-state index in [-0.39, 0.29) is 30.0 Å². The van der Waals surface area contributed by atoms with Crippen molar-refractivity contribution in [2.45, 2.75) is 50.6 Å². The van der Waals surface area contributed by atoms with Crippen molar-refractivity contribution in [1.82, 2.24) is 21.0 Å². The number of hydrogen-bond acceptors (Lipinski definition) is 7. The van der Waals surface area contributed by atoms with Gasteiger partial charge in [0.15, 0.2) is 0 Å². The van der Waals surface area contributed by atoms with Crippen molar-refractivity contribution in [2.75, 3.05) is 17.2 Å². The Labute approximate surface area is 230 Å². The highest BCUT2D eigenvalue weighted by Gasteiger charge is 2.53. The zero-order valence-corrected chi connectivity index (χ0v) is 21.8. The minimum absolute atomic E-state index is 0.238. The van der Waals surface area contributed by atoms with Gasteiger partial charge in [0, 0.05) is 48.9 Å². The molecular weight excluding hydrogens is 527 g/mol. The zero-order valence-electron chi connectivity index (χ0n) is 22.1. The lowest BCUT2D eigenvalue weighted by Gasteiger charge is -2.45. The third-order valence-electron chi connectivity index (χ3n) is 7.31. The van der Waals surface area contributed by atoms with Crippen molar-refractivity contribution in [3.05, 3.63) is 76.5 Å². The topological polar surface area (TPSA) is 88.0 Å². The number of rotatable bonds is 8. The molecule has 1 aliphatic heterocycles. The number of hydrazine groups is 2. The van der Waals surface area contributed by atoms with E-state index in [9.17, 15) is 19.8 Å². The van der Waals surface area contributed by atoms with E-state index in [1.54, 1.807) is 19.1 Å². The Morgan fingerprint density at radius 1 is 1.28 bits per heavy atom. The second-order valence-electron chi connectivity index (χ2n) is 10.8. The Balaban J connectivity index is 1.39. The quantitative estimate of drug-likeness (QED) is 0.262. The SMILES string of the molecule is [2H][C@](Nc1cc(Cl)c2ncc(C#N)c(NCC3(C)CC(F)(F)C3)c2c1)(C1=CN(C2CC2)NN1)c1ccc(F)cc1. The smallest absolute Gasteiger partial charge is 0.249 e. The maximum Gasteiger partial charge on any atom is 0.249 e. The van der Waals surface area contributed by atoms with Crippen molar-refractivity contribution < 1.29 is 14.5 Å². The largest absolute Gasteiger partial charge is 0.383 e. The molecule has 4 N–H and O–H groups in total. The van der Waals surface area contributed by atoms with E-state index < -0.39 is 23.2 Å². The molecule has 2 aliphatic carbocycles. The molecule has 0 amide bonds. The van der Waals surface area contributed by atoms with E-state index in [0.29, 0.717) is 39.6 Å². The minimum Gasteiger partial charge on any atom is -0.383 e. The Morgan fingerprint density at radius 3 is 2.69 bits per heavy atom. The van der Waals surface area contributed by atoms with Crippen LogP contribution in [0.3, 0.4) is 0 Å². The van der Waals surface area contributed by atoms with Gasteiger partial charge in [-0.15, -0.1) is 5.53 Å². The first-order chi connectivity index (χ1) is 19.0. The van der Waals surface area contributed by atoms with Crippen LogP contribution < -0.4 is 21.6 Å². The van der Waals surface area contributed by atoms with Gasteiger partial charge in [0.25, 0.3) is 0 Å². The second-order valence-corrected chi connectivity index (χ2v) is 11.2. The highest BCUT2D eigenvalue weighted by molar-refractivity contribution is 6.35. The highest BCUT2D eigenvalue weighted by atomic mass is 35.5. The summed E-state index contributed by atoms with van der Waals surface area (Å²) in [6, 6.07) is 9.90. The van der Waals surface area contributed by atoms with Crippen LogP contribution in [-0.2, 0) is 0 Å². The molecule has 39 heavy (non-hydrogen) atoms. The molecule has 7 nitrogen and oxygen atoms in total. The Hall–Kier alpha value is -3.68. The van der Waals surface area contributed by atoms with Crippen LogP contribution in [0.1, 0.15) is 51.1 Å². The van der Waals surface area contributed by atoms with Crippen LogP contribution in [0.4, 0.5) is 24.5 Å². The van der Waals surface area contributed by atoms with Crippen molar-refractivity contribution in [2.24, 2.45) is 5.41 Å². The predicted molar refractivity (Wildman–Crippen MR) is 144 cm³/mol. The van der Waals surface area contributed by atoms with Gasteiger partial charge in [-0.3, -0.25) is 9.99 Å². The summed E-state index contributed by atoms with van der Waals surface area (Å²) in [6.07, 6.45) is 4.82. The van der Waals surface area contributed by atoms with Crippen molar-refractivity contribution in [3.8, 4) is 6.07 Å². The molecule has 2 aromatic carbocycles. The molecule has 2 saturated carbocycles. The van der Waals surface area contributed by atoms with Crippen LogP contribution in [0.2, 0.25) is 5.02 Å². The summed E-state index contributed by atoms with van der Waals surface area (Å²) in [5.41, 5.74) is 8.05. The fraction of sp³-hybridized carbons (Fsp3) is 0.357. The molecule has 3 aliphatic rings. The van der Waals surface area contributed by atoms with Crippen LogP contribution in [0.5, 0.6) is 0 Å². The molecular formula is C28H27ClF3N7. The number of hydrogen-bond donors (Lipinski definition) is 4. The Morgan fingerprint density at radius 2 is 2.03 bits per heavy atom. The first kappa shape index (κ1) is 24.4. The molecule has 1 atom stereocenters. The van der Waals surface area contributed by atoms with E-state index in [2.05, 4.69) is 32.6 Å². The number of pyridine rings is 1. The summed E-state index contributed by atoms with van der Waals surface area (Å²) in [6.45, 7) is 2.02. The maximum absolute atomic E-state index is 13.8. The van der Waals surface area contributed by atoms with Crippen molar-refractivity contribution in [1.29, 1.82) is 5.26 Å². The third kappa shape index (κ3) is 5.16. The van der Waals surface area contributed by atoms with Gasteiger partial charge in [0.05, 0.1) is 34.9 Å². The summed E-state index contributed by atoms with van der Waals surface area (Å²) < 4.78 is 50.6. The van der Waals surface area contributed by atoms with Gasteiger partial charge in [0.1, 0.15) is 11.9 Å². The number of nitrogens with one attached hydrogen (secondary N) is 4. The molecule has 3 aromatic rings. The molecule has 1 aromatic heterocycles. The van der Waals surface area contributed by atoms with Crippen molar-refractivity contribution >= 4 is 33.9 Å². The number of halogens is 4. The van der Waals surface area contributed by atoms with Crippen LogP contribution in [0.15, 0.2) is 54.5 Å². The molecule has 0 bridgehead atoms. The van der Waals surface area contributed by atoms with Crippen LogP contribution in [0, 0.1) is 22.6 Å². The average Bonchev–Trinajstić information content (AvgIpc) is 3.62. The maximum atomic E-state index is 13.8. The molecule has 6 rings (SSSR count). The predicted octanol–water partition coefficient (Wildman–Crippen LogP) is 6.23. The Bertz CT molecular complexity index is 1550. The molecule has 0 spiro atoms. The second kappa shape index (κ2) is 9.50. The summed E-state index contributed by atoms with van der Waals surface area (Å²) in [5.74, 6) is -3.10. The van der Waals surface area contributed by atoms with Crippen LogP contribution in [-0.4, -0.2) is 28.5 Å². The van der Waals surface area contributed by atoms with Gasteiger partial charge in [-0.1, -0.05) is 30.7 Å². The monoisotopic (exact) mass is 554 g/mol. The number of nitrogens with zero attached hydrogens (tertiary/aromatic N) is 3. The summed E-state index contributed by atoms with van der Waals surface area (Å²) in [5, 5.41) is 18.9. The number of benzene rings is 2. The molecule has 2 fully saturated rings. The standard InChI is InChI=1S/C28H27ClF3N7/c1-27(13-28(31,32)14-27)15-35-24-17(10-33)11-34-26-21(24)8-19(9-22(26)29)36-25(16-2-4-18(30)5-3-16)23-12-39(38-37-23)20-6-7-20/h2-5,8-9,11-12,20,25,36-38H,6-7,13-15H2,1H3,(H,34,35)/t25-/m1/s1/i25D. The first-order valence-electron chi connectivity index (χ1n) is 13.2. The molecule has 202 valence electrons. The number of alkyl halides is 2. The molecule has 2 heterocycles. The lowest BCUT2D eigenvalue weighted by Crippen LogP contribution is -2.47. The van der Waals surface area contributed by atoms with Crippen LogP contribution in [0.25, 0.3) is 10.9 Å². The minimum atomic E-state index is -2.68. The van der Waals surface area contributed by atoms with Gasteiger partial charge >= 0.3 is 0 Å². The van der Waals surface area contributed by atoms with E-state index >= 15 is 0 Å². The van der Waals surface area contributed by atoms with E-state index in [0.717, 1.165) is 12.8 Å². The molecule has 0 saturated heterocycles. The lowest BCUT2D eigenvalue weighted by molar-refractivity contribution is -0.148. The fourth-order valence-corrected chi connectivity index (χ4v) is 5.56. The average molecular weight is 555 g/mol. The van der Waals surface area contributed by atoms with Gasteiger partial charge < -0.3 is 16.1 Å². The van der Waals surface area contributed by atoms with Gasteiger partial charge in [-0.05, 0) is 48.1 Å². The van der Waals surface area contributed by atoms with Crippen molar-refractivity contribution in [3.63, 3.8) is 0 Å². The van der Waals surface area contributed by atoms with Gasteiger partial charge in [-0.25, -0.2) is 13.2 Å². The van der Waals surface area contributed by atoms with E-state index in [1.165, 1.54) is 30.5 Å². The normalized spacial score (nSPS) is 21.2. The highest BCUT2D eigenvalue weighted by Crippen LogP contribution is 2.52. The first-order valence-corrected chi connectivity index (χ1v) is 13.1. The lowest BCUT2D eigenvalue weighted by atomic mass is 9.67. The molecule has 0 radical (unpaired) electrons. The molecule has 0 unspecified atom stereocenters. The summed E-state index contributed by atoms with van der Waals surface area (Å²) in [4.78, 5) is 4.36. The number of fused-ring (bicyclic) bond motifs is 1. The number of anilines is 2. The van der Waals surface area contributed by atoms with Crippen LogP contribution >= 0.6 is 11.6 Å². The third-order valence-corrected chi connectivity index (χ3v) is 7.60. The number of aromatic nitrogens is 1. The van der Waals surface area contributed by atoms with E-state index in [4.69, 9.17) is 11.6 Å². The number of nitriles is 1. The van der Waals surface area contributed by atoms with Gasteiger partial charge in [0.2, 0.25) is 5.92 Å².